The van der Waals surface area contributed by atoms with Crippen LogP contribution in [0, 0.1) is 10.1 Å². The van der Waals surface area contributed by atoms with Crippen molar-refractivity contribution < 1.29 is 10.0 Å². The van der Waals surface area contributed by atoms with Gasteiger partial charge in [0.1, 0.15) is 0 Å². The van der Waals surface area contributed by atoms with Gasteiger partial charge in [0.05, 0.1) is 4.92 Å². The van der Waals surface area contributed by atoms with E-state index in [2.05, 4.69) is 5.32 Å². The third-order valence-electron chi connectivity index (χ3n) is 1.46. The van der Waals surface area contributed by atoms with Crippen LogP contribution in [0.4, 0.5) is 11.4 Å². The van der Waals surface area contributed by atoms with Crippen LogP contribution < -0.4 is 5.32 Å². The predicted molar refractivity (Wildman–Crippen MR) is 44.3 cm³/mol. The fourth-order valence-electron chi connectivity index (χ4n) is 0.833. The largest absolute Gasteiger partial charge is 0.502 e. The molecule has 5 heteroatoms. The van der Waals surface area contributed by atoms with Crippen molar-refractivity contribution in [3.8, 4) is 5.75 Å². The van der Waals surface area contributed by atoms with Crippen LogP contribution in [0.3, 0.4) is 0 Å². The summed E-state index contributed by atoms with van der Waals surface area (Å²) >= 11 is 0. The lowest BCUT2D eigenvalue weighted by Crippen LogP contribution is -1.91. The van der Waals surface area contributed by atoms with Crippen molar-refractivity contribution in [1.82, 2.24) is 0 Å². The normalized spacial score (nSPS) is 9.42. The maximum absolute atomic E-state index is 10.2. The third-order valence-corrected chi connectivity index (χ3v) is 1.46. The van der Waals surface area contributed by atoms with Crippen molar-refractivity contribution in [1.29, 1.82) is 0 Å². The van der Waals surface area contributed by atoms with Gasteiger partial charge in [0, 0.05) is 24.9 Å². The van der Waals surface area contributed by atoms with Gasteiger partial charge in [-0.05, 0) is 6.07 Å². The summed E-state index contributed by atoms with van der Waals surface area (Å²) in [7, 11) is 1.67. The smallest absolute Gasteiger partial charge is 0.310 e. The molecule has 0 aliphatic rings. The van der Waals surface area contributed by atoms with Crippen molar-refractivity contribution >= 4 is 11.4 Å². The summed E-state index contributed by atoms with van der Waals surface area (Å²) in [5.74, 6) is -0.327. The van der Waals surface area contributed by atoms with Gasteiger partial charge in [-0.15, -0.1) is 0 Å². The molecular formula is C7H8N2O3. The zero-order chi connectivity index (χ0) is 9.14. The Hall–Kier alpha value is -1.78. The van der Waals surface area contributed by atoms with E-state index in [1.807, 2.05) is 0 Å². The summed E-state index contributed by atoms with van der Waals surface area (Å²) in [5, 5.41) is 22.1. The number of nitrogens with one attached hydrogen (secondary N) is 1. The third kappa shape index (κ3) is 1.45. The molecule has 0 aliphatic carbocycles. The lowest BCUT2D eigenvalue weighted by Gasteiger charge is -2.00. The van der Waals surface area contributed by atoms with E-state index < -0.39 is 4.92 Å². The first kappa shape index (κ1) is 8.32. The summed E-state index contributed by atoms with van der Waals surface area (Å²) in [4.78, 5) is 9.62. The maximum atomic E-state index is 10.2. The molecule has 0 atom stereocenters. The van der Waals surface area contributed by atoms with Gasteiger partial charge in [-0.25, -0.2) is 0 Å². The van der Waals surface area contributed by atoms with Gasteiger partial charge in [0.15, 0.2) is 5.75 Å². The fourth-order valence-corrected chi connectivity index (χ4v) is 0.833. The van der Waals surface area contributed by atoms with E-state index in [0.717, 1.165) is 0 Å². The van der Waals surface area contributed by atoms with Crippen molar-refractivity contribution in [3.05, 3.63) is 28.3 Å². The lowest BCUT2D eigenvalue weighted by atomic mass is 10.2. The van der Waals surface area contributed by atoms with Crippen LogP contribution in [-0.2, 0) is 0 Å². The summed E-state index contributed by atoms with van der Waals surface area (Å²) in [6, 6.07) is 4.08. The molecule has 1 aromatic rings. The van der Waals surface area contributed by atoms with E-state index in [4.69, 9.17) is 5.11 Å². The molecule has 0 aliphatic heterocycles. The highest BCUT2D eigenvalue weighted by Gasteiger charge is 2.11. The van der Waals surface area contributed by atoms with Crippen molar-refractivity contribution in [2.75, 3.05) is 12.4 Å². The number of nitrogens with zero attached hydrogens (tertiary/aromatic N) is 1. The van der Waals surface area contributed by atoms with Crippen LogP contribution >= 0.6 is 0 Å². The molecule has 12 heavy (non-hydrogen) atoms. The minimum absolute atomic E-state index is 0.283. The Balaban J connectivity index is 3.12. The van der Waals surface area contributed by atoms with E-state index >= 15 is 0 Å². The van der Waals surface area contributed by atoms with Gasteiger partial charge in [0.2, 0.25) is 0 Å². The second kappa shape index (κ2) is 3.08. The number of rotatable bonds is 2. The molecule has 5 nitrogen and oxygen atoms in total. The van der Waals surface area contributed by atoms with E-state index in [-0.39, 0.29) is 11.4 Å². The summed E-state index contributed by atoms with van der Waals surface area (Å²) in [5.41, 5.74) is 0.354. The standard InChI is InChI=1S/C7H8N2O3/c1-8-5-2-3-6(9(11)12)7(10)4-5/h2-4,8,10H,1H3. The van der Waals surface area contributed by atoms with E-state index in [0.29, 0.717) is 5.69 Å². The number of phenols is 1. The van der Waals surface area contributed by atoms with E-state index in [9.17, 15) is 10.1 Å². The molecule has 2 N–H and O–H groups in total. The molecule has 0 heterocycles. The highest BCUT2D eigenvalue weighted by Crippen LogP contribution is 2.27. The molecule has 1 rings (SSSR count). The van der Waals surface area contributed by atoms with E-state index in [1.54, 1.807) is 7.05 Å². The van der Waals surface area contributed by atoms with E-state index in [1.165, 1.54) is 18.2 Å². The highest BCUT2D eigenvalue weighted by molar-refractivity contribution is 5.56. The minimum Gasteiger partial charge on any atom is -0.502 e. The zero-order valence-electron chi connectivity index (χ0n) is 6.44. The van der Waals surface area contributed by atoms with Crippen LogP contribution in [-0.4, -0.2) is 17.1 Å². The molecule has 64 valence electrons. The summed E-state index contributed by atoms with van der Waals surface area (Å²) in [6.45, 7) is 0. The molecule has 0 fully saturated rings. The van der Waals surface area contributed by atoms with Crippen molar-refractivity contribution in [3.63, 3.8) is 0 Å². The Morgan fingerprint density at radius 2 is 2.25 bits per heavy atom. The molecule has 0 saturated carbocycles. The van der Waals surface area contributed by atoms with Gasteiger partial charge >= 0.3 is 5.69 Å². The average Bonchev–Trinajstić information content (AvgIpc) is 2.03. The monoisotopic (exact) mass is 168 g/mol. The Morgan fingerprint density at radius 1 is 1.58 bits per heavy atom. The highest BCUT2D eigenvalue weighted by atomic mass is 16.6. The maximum Gasteiger partial charge on any atom is 0.310 e. The fraction of sp³-hybridized carbons (Fsp3) is 0.143. The Labute approximate surface area is 68.8 Å². The van der Waals surface area contributed by atoms with Crippen LogP contribution in [0.25, 0.3) is 0 Å². The number of aromatic hydroxyl groups is 1. The van der Waals surface area contributed by atoms with Gasteiger partial charge in [0.25, 0.3) is 0 Å². The number of nitro groups is 1. The first-order valence-electron chi connectivity index (χ1n) is 3.30. The number of nitro benzene ring substituents is 1. The quantitative estimate of drug-likeness (QED) is 0.516. The molecule has 0 aromatic heterocycles. The van der Waals surface area contributed by atoms with Crippen LogP contribution in [0.15, 0.2) is 18.2 Å². The van der Waals surface area contributed by atoms with Gasteiger partial charge in [-0.1, -0.05) is 0 Å². The Bertz CT molecular complexity index is 312. The lowest BCUT2D eigenvalue weighted by molar-refractivity contribution is -0.385. The second-order valence-electron chi connectivity index (χ2n) is 2.21. The van der Waals surface area contributed by atoms with Crippen LogP contribution in [0.1, 0.15) is 0 Å². The topological polar surface area (TPSA) is 75.4 Å². The molecular weight excluding hydrogens is 160 g/mol. The van der Waals surface area contributed by atoms with Crippen LogP contribution in [0.5, 0.6) is 5.75 Å². The van der Waals surface area contributed by atoms with Gasteiger partial charge < -0.3 is 10.4 Å². The number of phenolic OH excluding ortho intramolecular Hbond substituents is 1. The molecule has 0 radical (unpaired) electrons. The summed E-state index contributed by atoms with van der Waals surface area (Å²) < 4.78 is 0. The number of hydrogen-bond donors (Lipinski definition) is 2. The molecule has 0 bridgehead atoms. The predicted octanol–water partition coefficient (Wildman–Crippen LogP) is 1.34. The molecule has 0 amide bonds. The van der Waals surface area contributed by atoms with Crippen molar-refractivity contribution in [2.45, 2.75) is 0 Å². The first-order valence-corrected chi connectivity index (χ1v) is 3.30. The zero-order valence-corrected chi connectivity index (χ0v) is 6.44. The second-order valence-corrected chi connectivity index (χ2v) is 2.21. The van der Waals surface area contributed by atoms with Crippen molar-refractivity contribution in [2.24, 2.45) is 0 Å². The van der Waals surface area contributed by atoms with Crippen LogP contribution in [0.2, 0.25) is 0 Å². The Morgan fingerprint density at radius 3 is 2.67 bits per heavy atom. The molecule has 0 spiro atoms. The molecule has 1 aromatic carbocycles. The SMILES string of the molecule is CNc1ccc([N+](=O)[O-])c(O)c1. The first-order chi connectivity index (χ1) is 5.65. The minimum atomic E-state index is -0.630. The number of anilines is 1. The Kier molecular flexibility index (Phi) is 2.14. The number of benzene rings is 1. The van der Waals surface area contributed by atoms with Gasteiger partial charge in [-0.2, -0.15) is 0 Å². The number of hydrogen-bond acceptors (Lipinski definition) is 4. The summed E-state index contributed by atoms with van der Waals surface area (Å²) in [6.07, 6.45) is 0. The average molecular weight is 168 g/mol. The molecule has 0 unspecified atom stereocenters. The molecule has 0 saturated heterocycles. The van der Waals surface area contributed by atoms with Gasteiger partial charge in [-0.3, -0.25) is 10.1 Å².